The van der Waals surface area contributed by atoms with Gasteiger partial charge in [-0.25, -0.2) is 9.38 Å². The summed E-state index contributed by atoms with van der Waals surface area (Å²) < 4.78 is 1.52. The highest BCUT2D eigenvalue weighted by molar-refractivity contribution is 7.15. The Morgan fingerprint density at radius 3 is 2.60 bits per heavy atom. The van der Waals surface area contributed by atoms with E-state index < -0.39 is 0 Å². The molecule has 0 unspecified atom stereocenters. The first-order valence-electron chi connectivity index (χ1n) is 7.42. The van der Waals surface area contributed by atoms with Crippen LogP contribution in [0.15, 0.2) is 59.2 Å². The van der Waals surface area contributed by atoms with Crippen LogP contribution < -0.4 is 5.56 Å². The maximum absolute atomic E-state index is 12.7. The number of hydrogen-bond acceptors (Lipinski definition) is 5. The van der Waals surface area contributed by atoms with Gasteiger partial charge in [0.15, 0.2) is 4.96 Å². The van der Waals surface area contributed by atoms with E-state index in [4.69, 9.17) is 11.6 Å². The molecule has 0 atom stereocenters. The number of fused-ring (bicyclic) bond motifs is 1. The molecule has 4 heterocycles. The lowest BCUT2D eigenvalue weighted by molar-refractivity contribution is 1.07. The molecule has 0 radical (unpaired) electrons. The fraction of sp³-hybridized carbons (Fsp3) is 0. The van der Waals surface area contributed by atoms with Crippen molar-refractivity contribution in [2.45, 2.75) is 0 Å². The van der Waals surface area contributed by atoms with Gasteiger partial charge < -0.3 is 0 Å². The second-order valence-electron chi connectivity index (χ2n) is 5.22. The SMILES string of the molecule is O=c1c(Cl)c(/C=C/c2cccnc2)nc2scc(-c3cccnc3)n12. The third-order valence-corrected chi connectivity index (χ3v) is 4.80. The number of nitrogens with zero attached hydrogens (tertiary/aromatic N) is 4. The smallest absolute Gasteiger partial charge is 0.267 e. The first-order valence-corrected chi connectivity index (χ1v) is 8.68. The molecule has 0 amide bonds. The van der Waals surface area contributed by atoms with Crippen molar-refractivity contribution in [3.05, 3.63) is 81.1 Å². The van der Waals surface area contributed by atoms with Gasteiger partial charge in [-0.1, -0.05) is 23.7 Å². The van der Waals surface area contributed by atoms with E-state index in [2.05, 4.69) is 15.0 Å². The monoisotopic (exact) mass is 366 g/mol. The van der Waals surface area contributed by atoms with E-state index >= 15 is 0 Å². The zero-order chi connectivity index (χ0) is 17.2. The van der Waals surface area contributed by atoms with Crippen LogP contribution in [-0.4, -0.2) is 19.4 Å². The van der Waals surface area contributed by atoms with Crippen LogP contribution in [0.4, 0.5) is 0 Å². The minimum Gasteiger partial charge on any atom is -0.267 e. The van der Waals surface area contributed by atoms with Gasteiger partial charge in [-0.05, 0) is 29.8 Å². The van der Waals surface area contributed by atoms with Crippen LogP contribution in [0.5, 0.6) is 0 Å². The maximum Gasteiger partial charge on any atom is 0.278 e. The summed E-state index contributed by atoms with van der Waals surface area (Å²) in [5, 5.41) is 1.97. The third-order valence-electron chi connectivity index (χ3n) is 3.62. The average molecular weight is 367 g/mol. The van der Waals surface area contributed by atoms with E-state index in [0.29, 0.717) is 10.7 Å². The molecule has 25 heavy (non-hydrogen) atoms. The Hall–Kier alpha value is -2.83. The number of aromatic nitrogens is 4. The molecule has 0 saturated heterocycles. The Balaban J connectivity index is 1.84. The third kappa shape index (κ3) is 2.97. The molecule has 0 fully saturated rings. The lowest BCUT2D eigenvalue weighted by Gasteiger charge is -2.03. The number of rotatable bonds is 3. The van der Waals surface area contributed by atoms with Gasteiger partial charge in [0.25, 0.3) is 5.56 Å². The van der Waals surface area contributed by atoms with E-state index in [1.165, 1.54) is 15.7 Å². The molecule has 0 aromatic carbocycles. The van der Waals surface area contributed by atoms with Crippen LogP contribution in [0.1, 0.15) is 11.3 Å². The van der Waals surface area contributed by atoms with Crippen molar-refractivity contribution in [1.82, 2.24) is 19.4 Å². The van der Waals surface area contributed by atoms with Gasteiger partial charge in [-0.3, -0.25) is 14.8 Å². The number of hydrogen-bond donors (Lipinski definition) is 0. The minimum atomic E-state index is -0.294. The zero-order valence-corrected chi connectivity index (χ0v) is 14.4. The molecule has 4 aromatic heterocycles. The minimum absolute atomic E-state index is 0.0844. The molecule has 122 valence electrons. The molecular formula is C18H11ClN4OS. The van der Waals surface area contributed by atoms with Crippen LogP contribution >= 0.6 is 22.9 Å². The molecule has 0 aliphatic heterocycles. The van der Waals surface area contributed by atoms with Crippen LogP contribution in [0.2, 0.25) is 5.02 Å². The second-order valence-corrected chi connectivity index (χ2v) is 6.43. The van der Waals surface area contributed by atoms with Gasteiger partial charge in [-0.15, -0.1) is 11.3 Å². The normalized spacial score (nSPS) is 11.4. The predicted molar refractivity (Wildman–Crippen MR) is 101 cm³/mol. The van der Waals surface area contributed by atoms with E-state index in [1.807, 2.05) is 35.7 Å². The molecule has 4 aromatic rings. The van der Waals surface area contributed by atoms with Crippen molar-refractivity contribution >= 4 is 40.1 Å². The van der Waals surface area contributed by atoms with Crippen molar-refractivity contribution in [2.75, 3.05) is 0 Å². The van der Waals surface area contributed by atoms with Gasteiger partial charge in [0.2, 0.25) is 0 Å². The zero-order valence-electron chi connectivity index (χ0n) is 12.8. The molecular weight excluding hydrogens is 356 g/mol. The molecule has 0 N–H and O–H groups in total. The Bertz CT molecular complexity index is 1120. The van der Waals surface area contributed by atoms with Crippen molar-refractivity contribution in [3.63, 3.8) is 0 Å². The largest absolute Gasteiger partial charge is 0.278 e. The van der Waals surface area contributed by atoms with Crippen molar-refractivity contribution in [3.8, 4) is 11.3 Å². The van der Waals surface area contributed by atoms with Gasteiger partial charge in [-0.2, -0.15) is 0 Å². The first kappa shape index (κ1) is 15.7. The Morgan fingerprint density at radius 1 is 1.08 bits per heavy atom. The summed E-state index contributed by atoms with van der Waals surface area (Å²) in [5.74, 6) is 0. The Labute approximate surface area is 151 Å². The fourth-order valence-electron chi connectivity index (χ4n) is 2.42. The summed E-state index contributed by atoms with van der Waals surface area (Å²) in [4.78, 5) is 26.0. The van der Waals surface area contributed by atoms with E-state index in [0.717, 1.165) is 16.8 Å². The fourth-order valence-corrected chi connectivity index (χ4v) is 3.51. The summed E-state index contributed by atoms with van der Waals surface area (Å²) >= 11 is 7.67. The molecule has 0 spiro atoms. The van der Waals surface area contributed by atoms with Crippen LogP contribution in [0.3, 0.4) is 0 Å². The number of halogens is 1. The highest BCUT2D eigenvalue weighted by Gasteiger charge is 2.14. The lowest BCUT2D eigenvalue weighted by Crippen LogP contribution is -2.16. The van der Waals surface area contributed by atoms with Gasteiger partial charge in [0.1, 0.15) is 5.02 Å². The molecule has 5 nitrogen and oxygen atoms in total. The number of thiazole rings is 1. The highest BCUT2D eigenvalue weighted by atomic mass is 35.5. The van der Waals surface area contributed by atoms with E-state index in [-0.39, 0.29) is 10.6 Å². The second kappa shape index (κ2) is 6.58. The van der Waals surface area contributed by atoms with Crippen molar-refractivity contribution in [2.24, 2.45) is 0 Å². The first-order chi connectivity index (χ1) is 12.2. The van der Waals surface area contributed by atoms with Gasteiger partial charge >= 0.3 is 0 Å². The van der Waals surface area contributed by atoms with Crippen LogP contribution in [0.25, 0.3) is 28.4 Å². The molecule has 0 aliphatic carbocycles. The van der Waals surface area contributed by atoms with E-state index in [1.54, 1.807) is 30.9 Å². The standard InChI is InChI=1S/C18H11ClN4OS/c19-16-14(6-5-12-3-1-7-20-9-12)22-18-23(17(16)24)15(11-25-18)13-4-2-8-21-10-13/h1-11H/b6-5+. The van der Waals surface area contributed by atoms with E-state index in [9.17, 15) is 4.79 Å². The Morgan fingerprint density at radius 2 is 1.88 bits per heavy atom. The number of pyridine rings is 2. The lowest BCUT2D eigenvalue weighted by atomic mass is 10.2. The topological polar surface area (TPSA) is 60.2 Å². The van der Waals surface area contributed by atoms with Crippen LogP contribution in [-0.2, 0) is 0 Å². The Kier molecular flexibility index (Phi) is 4.13. The summed E-state index contributed by atoms with van der Waals surface area (Å²) in [6.45, 7) is 0. The molecule has 0 bridgehead atoms. The maximum atomic E-state index is 12.7. The van der Waals surface area contributed by atoms with Gasteiger partial charge in [0, 0.05) is 35.7 Å². The molecule has 7 heteroatoms. The molecule has 0 aliphatic rings. The summed E-state index contributed by atoms with van der Waals surface area (Å²) in [5.41, 5.74) is 2.62. The quantitative estimate of drug-likeness (QED) is 0.549. The van der Waals surface area contributed by atoms with Gasteiger partial charge in [0.05, 0.1) is 11.4 Å². The summed E-state index contributed by atoms with van der Waals surface area (Å²) in [6, 6.07) is 7.47. The van der Waals surface area contributed by atoms with Crippen LogP contribution in [0, 0.1) is 0 Å². The predicted octanol–water partition coefficient (Wildman–Crippen LogP) is 4.04. The molecule has 4 rings (SSSR count). The average Bonchev–Trinajstić information content (AvgIpc) is 3.09. The highest BCUT2D eigenvalue weighted by Crippen LogP contribution is 2.25. The summed E-state index contributed by atoms with van der Waals surface area (Å²) in [6.07, 6.45) is 10.4. The summed E-state index contributed by atoms with van der Waals surface area (Å²) in [7, 11) is 0. The molecule has 0 saturated carbocycles. The van der Waals surface area contributed by atoms with Crippen molar-refractivity contribution in [1.29, 1.82) is 0 Å². The van der Waals surface area contributed by atoms with Crippen molar-refractivity contribution < 1.29 is 0 Å².